The number of carbonyl (C=O) groups is 2. The largest absolute Gasteiger partial charge is 0.347 e. The van der Waals surface area contributed by atoms with Crippen molar-refractivity contribution in [2.24, 2.45) is 0 Å². The lowest BCUT2D eigenvalue weighted by Gasteiger charge is -2.19. The molecule has 0 aromatic heterocycles. The second-order valence-electron chi connectivity index (χ2n) is 6.08. The summed E-state index contributed by atoms with van der Waals surface area (Å²) in [4.78, 5) is 26.9. The molecule has 0 saturated carbocycles. The number of likely N-dealkylation sites (N-methyl/N-ethyl adjacent to an activating group) is 2. The highest BCUT2D eigenvalue weighted by Crippen LogP contribution is 2.21. The van der Waals surface area contributed by atoms with E-state index in [-0.39, 0.29) is 23.3 Å². The van der Waals surface area contributed by atoms with Crippen molar-refractivity contribution in [3.05, 3.63) is 29.8 Å². The van der Waals surface area contributed by atoms with Gasteiger partial charge in [0.1, 0.15) is 0 Å². The molecule has 1 aromatic rings. The van der Waals surface area contributed by atoms with Gasteiger partial charge in [-0.15, -0.1) is 0 Å². The first-order valence-corrected chi connectivity index (χ1v) is 9.23. The van der Waals surface area contributed by atoms with E-state index in [1.54, 1.807) is 21.1 Å². The standard InChI is InChI=1S/C16H23N3O4S/c1-17(2)15(20)12-18(3)16(21)13-6-8-14(9-7-13)24(22,23)19-10-4-5-11-19/h6-9H,4-5,10-12H2,1-3H3. The molecule has 1 aliphatic heterocycles. The van der Waals surface area contributed by atoms with Crippen LogP contribution in [0, 0.1) is 0 Å². The summed E-state index contributed by atoms with van der Waals surface area (Å²) in [5.74, 6) is -0.505. The molecule has 2 rings (SSSR count). The molecule has 132 valence electrons. The summed E-state index contributed by atoms with van der Waals surface area (Å²) < 4.78 is 26.4. The summed E-state index contributed by atoms with van der Waals surface area (Å²) in [7, 11) is 1.30. The third-order valence-corrected chi connectivity index (χ3v) is 5.93. The summed E-state index contributed by atoms with van der Waals surface area (Å²) in [6.07, 6.45) is 1.75. The molecule has 1 saturated heterocycles. The maximum absolute atomic E-state index is 12.5. The molecule has 24 heavy (non-hydrogen) atoms. The van der Waals surface area contributed by atoms with Crippen molar-refractivity contribution in [1.82, 2.24) is 14.1 Å². The van der Waals surface area contributed by atoms with Gasteiger partial charge in [-0.2, -0.15) is 4.31 Å². The van der Waals surface area contributed by atoms with Gasteiger partial charge in [0.25, 0.3) is 5.91 Å². The molecular formula is C16H23N3O4S. The number of hydrogen-bond donors (Lipinski definition) is 0. The van der Waals surface area contributed by atoms with Gasteiger partial charge in [-0.25, -0.2) is 8.42 Å². The van der Waals surface area contributed by atoms with Crippen molar-refractivity contribution >= 4 is 21.8 Å². The van der Waals surface area contributed by atoms with E-state index < -0.39 is 10.0 Å². The average Bonchev–Trinajstić information content (AvgIpc) is 3.09. The van der Waals surface area contributed by atoms with Gasteiger partial charge in [-0.05, 0) is 37.1 Å². The fourth-order valence-corrected chi connectivity index (χ4v) is 4.00. The van der Waals surface area contributed by atoms with Crippen molar-refractivity contribution in [3.63, 3.8) is 0 Å². The van der Waals surface area contributed by atoms with Crippen LogP contribution < -0.4 is 0 Å². The van der Waals surface area contributed by atoms with Crippen LogP contribution in [0.3, 0.4) is 0 Å². The fraction of sp³-hybridized carbons (Fsp3) is 0.500. The van der Waals surface area contributed by atoms with Crippen LogP contribution in [0.5, 0.6) is 0 Å². The molecular weight excluding hydrogens is 330 g/mol. The van der Waals surface area contributed by atoms with Crippen LogP contribution >= 0.6 is 0 Å². The minimum atomic E-state index is -3.48. The van der Waals surface area contributed by atoms with Crippen molar-refractivity contribution < 1.29 is 18.0 Å². The van der Waals surface area contributed by atoms with Crippen molar-refractivity contribution in [2.75, 3.05) is 40.8 Å². The molecule has 0 unspecified atom stereocenters. The predicted octanol–water partition coefficient (Wildman–Crippen LogP) is 0.631. The summed E-state index contributed by atoms with van der Waals surface area (Å²) in [6.45, 7) is 1.05. The summed E-state index contributed by atoms with van der Waals surface area (Å²) in [5, 5.41) is 0. The number of benzene rings is 1. The highest BCUT2D eigenvalue weighted by molar-refractivity contribution is 7.89. The smallest absolute Gasteiger partial charge is 0.254 e. The minimum Gasteiger partial charge on any atom is -0.347 e. The molecule has 1 fully saturated rings. The molecule has 1 aromatic carbocycles. The number of hydrogen-bond acceptors (Lipinski definition) is 4. The molecule has 0 radical (unpaired) electrons. The Kier molecular flexibility index (Phi) is 5.61. The summed E-state index contributed by atoms with van der Waals surface area (Å²) >= 11 is 0. The van der Waals surface area contributed by atoms with Crippen LogP contribution in [0.25, 0.3) is 0 Å². The van der Waals surface area contributed by atoms with E-state index in [0.29, 0.717) is 18.7 Å². The highest BCUT2D eigenvalue weighted by Gasteiger charge is 2.27. The average molecular weight is 353 g/mol. The zero-order valence-electron chi connectivity index (χ0n) is 14.2. The molecule has 0 aliphatic carbocycles. The quantitative estimate of drug-likeness (QED) is 0.778. The summed E-state index contributed by atoms with van der Waals surface area (Å²) in [6, 6.07) is 5.87. The molecule has 0 atom stereocenters. The topological polar surface area (TPSA) is 78.0 Å². The number of amides is 2. The summed E-state index contributed by atoms with van der Waals surface area (Å²) in [5.41, 5.74) is 0.351. The first kappa shape index (κ1) is 18.4. The SMILES string of the molecule is CN(C)C(=O)CN(C)C(=O)c1ccc(S(=O)(=O)N2CCCC2)cc1. The van der Waals surface area contributed by atoms with E-state index in [1.165, 1.54) is 38.4 Å². The zero-order chi connectivity index (χ0) is 17.9. The monoisotopic (exact) mass is 353 g/mol. The molecule has 8 heteroatoms. The van der Waals surface area contributed by atoms with Crippen molar-refractivity contribution in [3.8, 4) is 0 Å². The Bertz CT molecular complexity index is 707. The van der Waals surface area contributed by atoms with Gasteiger partial charge >= 0.3 is 0 Å². The lowest BCUT2D eigenvalue weighted by Crippen LogP contribution is -2.37. The van der Waals surface area contributed by atoms with Gasteiger partial charge in [0, 0.05) is 39.8 Å². The normalized spacial score (nSPS) is 15.3. The van der Waals surface area contributed by atoms with E-state index >= 15 is 0 Å². The molecule has 2 amide bonds. The van der Waals surface area contributed by atoms with Crippen LogP contribution in [-0.4, -0.2) is 75.1 Å². The molecule has 7 nitrogen and oxygen atoms in total. The molecule has 0 bridgehead atoms. The Labute approximate surface area is 142 Å². The van der Waals surface area contributed by atoms with Gasteiger partial charge in [-0.1, -0.05) is 0 Å². The van der Waals surface area contributed by atoms with Crippen molar-refractivity contribution in [1.29, 1.82) is 0 Å². The van der Waals surface area contributed by atoms with Gasteiger partial charge in [0.05, 0.1) is 11.4 Å². The maximum atomic E-state index is 12.5. The lowest BCUT2D eigenvalue weighted by molar-refractivity contribution is -0.129. The van der Waals surface area contributed by atoms with E-state index in [9.17, 15) is 18.0 Å². The van der Waals surface area contributed by atoms with E-state index in [0.717, 1.165) is 12.8 Å². The first-order chi connectivity index (χ1) is 11.2. The fourth-order valence-electron chi connectivity index (χ4n) is 2.48. The zero-order valence-corrected chi connectivity index (χ0v) is 15.0. The number of rotatable bonds is 5. The Morgan fingerprint density at radius 2 is 1.58 bits per heavy atom. The minimum absolute atomic E-state index is 0.0281. The van der Waals surface area contributed by atoms with Gasteiger partial charge in [0.15, 0.2) is 0 Å². The van der Waals surface area contributed by atoms with Crippen LogP contribution in [0.15, 0.2) is 29.2 Å². The van der Waals surface area contributed by atoms with Crippen LogP contribution in [-0.2, 0) is 14.8 Å². The molecule has 1 aliphatic rings. The van der Waals surface area contributed by atoms with E-state index in [2.05, 4.69) is 0 Å². The first-order valence-electron chi connectivity index (χ1n) is 7.79. The van der Waals surface area contributed by atoms with Gasteiger partial charge in [0.2, 0.25) is 15.9 Å². The molecule has 0 spiro atoms. The number of carbonyl (C=O) groups excluding carboxylic acids is 2. The Hall–Kier alpha value is -1.93. The van der Waals surface area contributed by atoms with Crippen molar-refractivity contribution in [2.45, 2.75) is 17.7 Å². The second-order valence-corrected chi connectivity index (χ2v) is 8.02. The Morgan fingerprint density at radius 1 is 1.04 bits per heavy atom. The van der Waals surface area contributed by atoms with E-state index in [1.807, 2.05) is 0 Å². The van der Waals surface area contributed by atoms with Crippen LogP contribution in [0.2, 0.25) is 0 Å². The third-order valence-electron chi connectivity index (χ3n) is 4.02. The number of nitrogens with zero attached hydrogens (tertiary/aromatic N) is 3. The maximum Gasteiger partial charge on any atom is 0.254 e. The third kappa shape index (κ3) is 3.93. The highest BCUT2D eigenvalue weighted by atomic mass is 32.2. The van der Waals surface area contributed by atoms with Gasteiger partial charge in [-0.3, -0.25) is 9.59 Å². The van der Waals surface area contributed by atoms with Gasteiger partial charge < -0.3 is 9.80 Å². The lowest BCUT2D eigenvalue weighted by atomic mass is 10.2. The second kappa shape index (κ2) is 7.31. The molecule has 1 heterocycles. The Morgan fingerprint density at radius 3 is 2.08 bits per heavy atom. The van der Waals surface area contributed by atoms with Crippen LogP contribution in [0.1, 0.15) is 23.2 Å². The Balaban J connectivity index is 2.11. The predicted molar refractivity (Wildman–Crippen MR) is 90.1 cm³/mol. The van der Waals surface area contributed by atoms with E-state index in [4.69, 9.17) is 0 Å². The number of sulfonamides is 1. The van der Waals surface area contributed by atoms with Crippen LogP contribution in [0.4, 0.5) is 0 Å². The molecule has 0 N–H and O–H groups in total.